The fourth-order valence-electron chi connectivity index (χ4n) is 4.03. The van der Waals surface area contributed by atoms with E-state index in [1.165, 1.54) is 29.0 Å². The van der Waals surface area contributed by atoms with Crippen LogP contribution in [-0.4, -0.2) is 39.7 Å². The van der Waals surface area contributed by atoms with E-state index in [4.69, 9.17) is 9.94 Å². The molecule has 1 aliphatic rings. The minimum absolute atomic E-state index is 0.207. The summed E-state index contributed by atoms with van der Waals surface area (Å²) >= 11 is 0. The Balaban J connectivity index is 1.48. The molecular formula is C23H21N5O3. The van der Waals surface area contributed by atoms with Gasteiger partial charge in [-0.3, -0.25) is 10.0 Å². The molecule has 2 aromatic carbocycles. The molecule has 0 saturated carbocycles. The van der Waals surface area contributed by atoms with Gasteiger partial charge in [-0.05, 0) is 35.4 Å². The van der Waals surface area contributed by atoms with Crippen molar-refractivity contribution in [3.63, 3.8) is 0 Å². The molecule has 5 rings (SSSR count). The number of methoxy groups -OCH3 is 1. The van der Waals surface area contributed by atoms with Crippen LogP contribution in [0.25, 0.3) is 22.0 Å². The van der Waals surface area contributed by atoms with Crippen LogP contribution in [0.5, 0.6) is 5.75 Å². The van der Waals surface area contributed by atoms with Gasteiger partial charge in [-0.25, -0.2) is 15.4 Å². The molecule has 0 bridgehead atoms. The summed E-state index contributed by atoms with van der Waals surface area (Å²) in [6.45, 7) is 1.44. The highest BCUT2D eigenvalue weighted by atomic mass is 16.5. The van der Waals surface area contributed by atoms with Crippen LogP contribution in [0.4, 0.5) is 5.95 Å². The van der Waals surface area contributed by atoms with Crippen molar-refractivity contribution in [3.8, 4) is 16.9 Å². The first-order valence-electron chi connectivity index (χ1n) is 9.95. The van der Waals surface area contributed by atoms with Crippen LogP contribution in [0, 0.1) is 0 Å². The van der Waals surface area contributed by atoms with E-state index >= 15 is 0 Å². The second kappa shape index (κ2) is 7.73. The molecule has 0 atom stereocenters. The summed E-state index contributed by atoms with van der Waals surface area (Å²) < 4.78 is 5.37. The number of fused-ring (bicyclic) bond motifs is 3. The minimum atomic E-state index is -0.630. The monoisotopic (exact) mass is 415 g/mol. The Morgan fingerprint density at radius 1 is 1.16 bits per heavy atom. The van der Waals surface area contributed by atoms with E-state index in [1.54, 1.807) is 12.6 Å². The molecule has 0 fully saturated rings. The minimum Gasteiger partial charge on any atom is -0.497 e. The number of aromatic nitrogens is 3. The SMILES string of the molecule is COc1cccc(-c2ccc3[nH]c4c(c3c2)CN(c2ncc(C(=O)NO)cn2)CC4)c1. The Morgan fingerprint density at radius 2 is 1.97 bits per heavy atom. The van der Waals surface area contributed by atoms with Crippen molar-refractivity contribution in [1.29, 1.82) is 0 Å². The number of carbonyl (C=O) groups excluding carboxylic acids is 1. The first-order valence-corrected chi connectivity index (χ1v) is 9.95. The van der Waals surface area contributed by atoms with Crippen molar-refractivity contribution in [2.24, 2.45) is 0 Å². The van der Waals surface area contributed by atoms with Crippen LogP contribution < -0.4 is 15.1 Å². The summed E-state index contributed by atoms with van der Waals surface area (Å²) in [6, 6.07) is 14.5. The highest BCUT2D eigenvalue weighted by molar-refractivity contribution is 5.93. The Hall–Kier alpha value is -3.91. The topological polar surface area (TPSA) is 103 Å². The summed E-state index contributed by atoms with van der Waals surface area (Å²) in [5.41, 5.74) is 7.59. The third kappa shape index (κ3) is 3.47. The number of H-pyrrole nitrogens is 1. The molecule has 0 spiro atoms. The predicted octanol–water partition coefficient (Wildman–Crippen LogP) is 3.32. The predicted molar refractivity (Wildman–Crippen MR) is 116 cm³/mol. The standard InChI is InChI=1S/C23H21N5O3/c1-31-17-4-2-3-14(9-17)15-5-6-20-18(10-15)19-13-28(8-7-21(19)26-20)23-24-11-16(12-25-23)22(29)27-30/h2-6,9-12,26,30H,7-8,13H2,1H3,(H,27,29). The number of nitrogens with zero attached hydrogens (tertiary/aromatic N) is 3. The van der Waals surface area contributed by atoms with Gasteiger partial charge in [0.15, 0.2) is 0 Å². The fraction of sp³-hybridized carbons (Fsp3) is 0.174. The van der Waals surface area contributed by atoms with E-state index in [9.17, 15) is 4.79 Å². The molecule has 8 nitrogen and oxygen atoms in total. The van der Waals surface area contributed by atoms with Gasteiger partial charge in [0.25, 0.3) is 5.91 Å². The second-order valence-corrected chi connectivity index (χ2v) is 7.46. The highest BCUT2D eigenvalue weighted by Gasteiger charge is 2.23. The lowest BCUT2D eigenvalue weighted by Crippen LogP contribution is -2.31. The van der Waals surface area contributed by atoms with Crippen molar-refractivity contribution in [2.45, 2.75) is 13.0 Å². The smallest absolute Gasteiger partial charge is 0.277 e. The van der Waals surface area contributed by atoms with E-state index < -0.39 is 5.91 Å². The second-order valence-electron chi connectivity index (χ2n) is 7.46. The van der Waals surface area contributed by atoms with Gasteiger partial charge in [-0.15, -0.1) is 0 Å². The molecule has 4 aromatic rings. The van der Waals surface area contributed by atoms with Gasteiger partial charge in [0.2, 0.25) is 5.95 Å². The molecule has 0 saturated heterocycles. The van der Waals surface area contributed by atoms with Gasteiger partial charge in [0.05, 0.1) is 12.7 Å². The fourth-order valence-corrected chi connectivity index (χ4v) is 4.03. The zero-order valence-electron chi connectivity index (χ0n) is 16.9. The lowest BCUT2D eigenvalue weighted by atomic mass is 10.00. The van der Waals surface area contributed by atoms with Crippen LogP contribution in [0.2, 0.25) is 0 Å². The van der Waals surface area contributed by atoms with Gasteiger partial charge in [0, 0.05) is 54.1 Å². The van der Waals surface area contributed by atoms with Crippen molar-refractivity contribution in [1.82, 2.24) is 20.4 Å². The highest BCUT2D eigenvalue weighted by Crippen LogP contribution is 2.33. The van der Waals surface area contributed by atoms with Gasteiger partial charge in [-0.2, -0.15) is 0 Å². The third-order valence-corrected chi connectivity index (χ3v) is 5.66. The van der Waals surface area contributed by atoms with Crippen LogP contribution in [-0.2, 0) is 13.0 Å². The van der Waals surface area contributed by atoms with E-state index in [-0.39, 0.29) is 5.56 Å². The maximum atomic E-state index is 11.5. The summed E-state index contributed by atoms with van der Waals surface area (Å²) in [4.78, 5) is 25.8. The zero-order chi connectivity index (χ0) is 21.4. The van der Waals surface area contributed by atoms with Crippen molar-refractivity contribution in [3.05, 3.63) is 71.7 Å². The number of benzene rings is 2. The normalized spacial score (nSPS) is 13.2. The number of aromatic amines is 1. The maximum absolute atomic E-state index is 11.5. The molecule has 3 heterocycles. The number of ether oxygens (including phenoxy) is 1. The first-order chi connectivity index (χ1) is 15.2. The molecule has 8 heteroatoms. The van der Waals surface area contributed by atoms with Crippen LogP contribution in [0.15, 0.2) is 54.9 Å². The Bertz CT molecular complexity index is 1270. The van der Waals surface area contributed by atoms with Crippen LogP contribution >= 0.6 is 0 Å². The average molecular weight is 415 g/mol. The van der Waals surface area contributed by atoms with Crippen molar-refractivity contribution < 1.29 is 14.7 Å². The summed E-state index contributed by atoms with van der Waals surface area (Å²) in [6.07, 6.45) is 3.68. The van der Waals surface area contributed by atoms with Crippen molar-refractivity contribution in [2.75, 3.05) is 18.6 Å². The lowest BCUT2D eigenvalue weighted by Gasteiger charge is -2.27. The Labute approximate surface area is 178 Å². The first kappa shape index (κ1) is 19.1. The molecule has 156 valence electrons. The number of carbonyl (C=O) groups is 1. The van der Waals surface area contributed by atoms with Crippen LogP contribution in [0.1, 0.15) is 21.6 Å². The average Bonchev–Trinajstić information content (AvgIpc) is 3.20. The van der Waals surface area contributed by atoms with E-state index in [1.807, 2.05) is 18.2 Å². The van der Waals surface area contributed by atoms with E-state index in [0.29, 0.717) is 12.5 Å². The molecule has 2 aromatic heterocycles. The maximum Gasteiger partial charge on any atom is 0.277 e. The summed E-state index contributed by atoms with van der Waals surface area (Å²) in [7, 11) is 1.67. The van der Waals surface area contributed by atoms with E-state index in [2.05, 4.69) is 44.1 Å². The number of anilines is 1. The molecule has 0 radical (unpaired) electrons. The molecule has 31 heavy (non-hydrogen) atoms. The zero-order valence-corrected chi connectivity index (χ0v) is 16.9. The lowest BCUT2D eigenvalue weighted by molar-refractivity contribution is 0.0705. The number of nitrogens with one attached hydrogen (secondary N) is 2. The molecule has 1 amide bonds. The Kier molecular flexibility index (Phi) is 4.76. The number of hydrogen-bond donors (Lipinski definition) is 3. The van der Waals surface area contributed by atoms with Gasteiger partial charge in [-0.1, -0.05) is 18.2 Å². The summed E-state index contributed by atoms with van der Waals surface area (Å²) in [5.74, 6) is 0.753. The molecule has 1 aliphatic heterocycles. The van der Waals surface area contributed by atoms with Gasteiger partial charge in [0.1, 0.15) is 5.75 Å². The molecule has 3 N–H and O–H groups in total. The largest absolute Gasteiger partial charge is 0.497 e. The van der Waals surface area contributed by atoms with Crippen molar-refractivity contribution >= 4 is 22.8 Å². The number of rotatable bonds is 4. The Morgan fingerprint density at radius 3 is 2.74 bits per heavy atom. The summed E-state index contributed by atoms with van der Waals surface area (Å²) in [5, 5.41) is 9.93. The number of hydrogen-bond acceptors (Lipinski definition) is 6. The third-order valence-electron chi connectivity index (χ3n) is 5.66. The molecule has 0 aliphatic carbocycles. The van der Waals surface area contributed by atoms with Crippen LogP contribution in [0.3, 0.4) is 0 Å². The van der Waals surface area contributed by atoms with Gasteiger partial charge >= 0.3 is 0 Å². The molecular weight excluding hydrogens is 394 g/mol. The van der Waals surface area contributed by atoms with Gasteiger partial charge < -0.3 is 14.6 Å². The number of hydroxylamine groups is 1. The number of amides is 1. The quantitative estimate of drug-likeness (QED) is 0.349. The molecule has 0 unspecified atom stereocenters. The van der Waals surface area contributed by atoms with E-state index in [0.717, 1.165) is 35.4 Å².